The van der Waals surface area contributed by atoms with Crippen LogP contribution >= 0.6 is 11.8 Å². The van der Waals surface area contributed by atoms with Gasteiger partial charge in [-0.3, -0.25) is 0 Å². The maximum Gasteiger partial charge on any atom is 0.191 e. The van der Waals surface area contributed by atoms with Gasteiger partial charge in [0.1, 0.15) is 10.7 Å². The molecule has 2 heterocycles. The number of aromatic nitrogens is 4. The molecular weight excluding hydrogens is 240 g/mol. The number of oxime groups is 1. The van der Waals surface area contributed by atoms with Gasteiger partial charge in [-0.2, -0.15) is 0 Å². The first kappa shape index (κ1) is 11.4. The maximum absolute atomic E-state index is 8.66. The van der Waals surface area contributed by atoms with Crippen LogP contribution in [0.25, 0.3) is 0 Å². The second-order valence-corrected chi connectivity index (χ2v) is 4.07. The Bertz CT molecular complexity index is 552. The molecule has 0 spiro atoms. The van der Waals surface area contributed by atoms with E-state index in [0.717, 1.165) is 5.16 Å². The molecule has 3 N–H and O–H groups in total. The van der Waals surface area contributed by atoms with E-state index in [1.165, 1.54) is 18.0 Å². The maximum atomic E-state index is 8.66. The van der Waals surface area contributed by atoms with Gasteiger partial charge in [-0.25, -0.2) is 15.0 Å². The van der Waals surface area contributed by atoms with Crippen molar-refractivity contribution in [1.82, 2.24) is 19.5 Å². The first-order chi connectivity index (χ1) is 8.22. The summed E-state index contributed by atoms with van der Waals surface area (Å²) in [7, 11) is 1.87. The fraction of sp³-hybridized carbons (Fsp3) is 0.111. The molecule has 88 valence electrons. The number of rotatable bonds is 3. The standard InChI is InChI=1S/C9H10N6OS/c1-15-5-4-13-9(15)17-8-6(7(10)14-16)11-2-3-12-8/h2-5,16H,1H3,(H2,10,14). The first-order valence-corrected chi connectivity index (χ1v) is 5.48. The molecule has 0 fully saturated rings. The van der Waals surface area contributed by atoms with Crippen LogP contribution in [0.1, 0.15) is 5.69 Å². The van der Waals surface area contributed by atoms with E-state index in [2.05, 4.69) is 20.1 Å². The lowest BCUT2D eigenvalue weighted by atomic mass is 10.4. The first-order valence-electron chi connectivity index (χ1n) is 4.66. The summed E-state index contributed by atoms with van der Waals surface area (Å²) >= 11 is 1.30. The molecule has 2 aromatic rings. The quantitative estimate of drug-likeness (QED) is 0.355. The molecule has 0 aliphatic rings. The third kappa shape index (κ3) is 2.36. The monoisotopic (exact) mass is 250 g/mol. The van der Waals surface area contributed by atoms with Crippen molar-refractivity contribution >= 4 is 17.6 Å². The summed E-state index contributed by atoms with van der Waals surface area (Å²) in [4.78, 5) is 12.3. The fourth-order valence-corrected chi connectivity index (χ4v) is 2.02. The fourth-order valence-electron chi connectivity index (χ4n) is 1.16. The van der Waals surface area contributed by atoms with E-state index in [-0.39, 0.29) is 5.84 Å². The Morgan fingerprint density at radius 2 is 2.12 bits per heavy atom. The minimum Gasteiger partial charge on any atom is -0.409 e. The van der Waals surface area contributed by atoms with Gasteiger partial charge < -0.3 is 15.5 Å². The molecule has 2 rings (SSSR count). The minimum absolute atomic E-state index is 0.0743. The highest BCUT2D eigenvalue weighted by Gasteiger charge is 2.13. The van der Waals surface area contributed by atoms with Gasteiger partial charge in [0.25, 0.3) is 0 Å². The van der Waals surface area contributed by atoms with Gasteiger partial charge in [0, 0.05) is 31.8 Å². The predicted octanol–water partition coefficient (Wildman–Crippen LogP) is 0.456. The Balaban J connectivity index is 2.36. The van der Waals surface area contributed by atoms with Crippen molar-refractivity contribution in [2.75, 3.05) is 0 Å². The van der Waals surface area contributed by atoms with E-state index >= 15 is 0 Å². The van der Waals surface area contributed by atoms with Gasteiger partial charge in [-0.05, 0) is 11.8 Å². The van der Waals surface area contributed by atoms with Crippen LogP contribution in [-0.4, -0.2) is 30.6 Å². The molecule has 8 heteroatoms. The Morgan fingerprint density at radius 1 is 1.35 bits per heavy atom. The van der Waals surface area contributed by atoms with Crippen molar-refractivity contribution in [3.8, 4) is 0 Å². The van der Waals surface area contributed by atoms with Crippen LogP contribution in [-0.2, 0) is 7.05 Å². The molecule has 0 bridgehead atoms. The van der Waals surface area contributed by atoms with Crippen molar-refractivity contribution in [3.05, 3.63) is 30.5 Å². The van der Waals surface area contributed by atoms with Crippen LogP contribution in [0.3, 0.4) is 0 Å². The second-order valence-electron chi connectivity index (χ2n) is 3.12. The van der Waals surface area contributed by atoms with Crippen LogP contribution in [0.2, 0.25) is 0 Å². The number of amidine groups is 1. The van der Waals surface area contributed by atoms with Crippen LogP contribution in [0.4, 0.5) is 0 Å². The normalized spacial score (nSPS) is 11.7. The number of hydrogen-bond acceptors (Lipinski definition) is 6. The van der Waals surface area contributed by atoms with Crippen LogP contribution in [0, 0.1) is 0 Å². The third-order valence-electron chi connectivity index (χ3n) is 1.98. The SMILES string of the molecule is Cn1ccnc1Sc1nccnc1C(N)=NO. The van der Waals surface area contributed by atoms with Crippen LogP contribution in [0.5, 0.6) is 0 Å². The molecule has 17 heavy (non-hydrogen) atoms. The summed E-state index contributed by atoms with van der Waals surface area (Å²) in [6.07, 6.45) is 6.53. The highest BCUT2D eigenvalue weighted by atomic mass is 32.2. The lowest BCUT2D eigenvalue weighted by molar-refractivity contribution is 0.318. The topological polar surface area (TPSA) is 102 Å². The molecule has 7 nitrogen and oxygen atoms in total. The summed E-state index contributed by atoms with van der Waals surface area (Å²) in [5.74, 6) is -0.0743. The van der Waals surface area contributed by atoms with Gasteiger partial charge in [0.05, 0.1) is 0 Å². The zero-order valence-electron chi connectivity index (χ0n) is 8.98. The Hall–Kier alpha value is -2.09. The van der Waals surface area contributed by atoms with Gasteiger partial charge >= 0.3 is 0 Å². The second kappa shape index (κ2) is 4.83. The molecule has 0 unspecified atom stereocenters. The predicted molar refractivity (Wildman–Crippen MR) is 61.9 cm³/mol. The van der Waals surface area contributed by atoms with E-state index in [1.54, 1.807) is 12.4 Å². The smallest absolute Gasteiger partial charge is 0.191 e. The van der Waals surface area contributed by atoms with Gasteiger partial charge in [0.15, 0.2) is 11.0 Å². The summed E-state index contributed by atoms with van der Waals surface area (Å²) in [5.41, 5.74) is 5.86. The molecular formula is C9H10N6OS. The van der Waals surface area contributed by atoms with Crippen molar-refractivity contribution in [2.45, 2.75) is 10.2 Å². The largest absolute Gasteiger partial charge is 0.409 e. The van der Waals surface area contributed by atoms with E-state index in [0.29, 0.717) is 10.7 Å². The average molecular weight is 250 g/mol. The molecule has 0 radical (unpaired) electrons. The van der Waals surface area contributed by atoms with E-state index < -0.39 is 0 Å². The Kier molecular flexibility index (Phi) is 3.24. The zero-order chi connectivity index (χ0) is 12.3. The molecule has 0 saturated carbocycles. The van der Waals surface area contributed by atoms with Gasteiger partial charge in [-0.1, -0.05) is 5.16 Å². The minimum atomic E-state index is -0.0743. The number of nitrogens with zero attached hydrogens (tertiary/aromatic N) is 5. The third-order valence-corrected chi connectivity index (χ3v) is 3.05. The molecule has 0 aliphatic heterocycles. The number of hydrogen-bond donors (Lipinski definition) is 2. The summed E-state index contributed by atoms with van der Waals surface area (Å²) in [6.45, 7) is 0. The molecule has 0 atom stereocenters. The van der Waals surface area contributed by atoms with Crippen LogP contribution < -0.4 is 5.73 Å². The van der Waals surface area contributed by atoms with Gasteiger partial charge in [-0.15, -0.1) is 0 Å². The molecule has 0 aliphatic carbocycles. The number of nitrogens with two attached hydrogens (primary N) is 1. The lowest BCUT2D eigenvalue weighted by Gasteiger charge is -2.04. The van der Waals surface area contributed by atoms with Crippen molar-refractivity contribution in [2.24, 2.45) is 17.9 Å². The van der Waals surface area contributed by atoms with Crippen molar-refractivity contribution in [1.29, 1.82) is 0 Å². The van der Waals surface area contributed by atoms with E-state index in [1.807, 2.05) is 17.8 Å². The molecule has 0 aromatic carbocycles. The average Bonchev–Trinajstić information content (AvgIpc) is 2.75. The molecule has 2 aromatic heterocycles. The lowest BCUT2D eigenvalue weighted by Crippen LogP contribution is -2.16. The Morgan fingerprint density at radius 3 is 2.76 bits per heavy atom. The highest BCUT2D eigenvalue weighted by molar-refractivity contribution is 7.99. The molecule has 0 amide bonds. The Labute approximate surface area is 101 Å². The number of imidazole rings is 1. The van der Waals surface area contributed by atoms with Crippen molar-refractivity contribution < 1.29 is 5.21 Å². The summed E-state index contributed by atoms with van der Waals surface area (Å²) in [6, 6.07) is 0. The van der Waals surface area contributed by atoms with Crippen molar-refractivity contribution in [3.63, 3.8) is 0 Å². The van der Waals surface area contributed by atoms with Crippen LogP contribution in [0.15, 0.2) is 40.1 Å². The van der Waals surface area contributed by atoms with E-state index in [4.69, 9.17) is 10.9 Å². The van der Waals surface area contributed by atoms with Gasteiger partial charge in [0.2, 0.25) is 0 Å². The molecule has 0 saturated heterocycles. The van der Waals surface area contributed by atoms with E-state index in [9.17, 15) is 0 Å². The number of aryl methyl sites for hydroxylation is 1. The highest BCUT2D eigenvalue weighted by Crippen LogP contribution is 2.25. The summed E-state index contributed by atoms with van der Waals surface area (Å²) in [5, 5.41) is 12.9. The summed E-state index contributed by atoms with van der Waals surface area (Å²) < 4.78 is 1.84. The zero-order valence-corrected chi connectivity index (χ0v) is 9.79.